The number of aryl methyl sites for hydroxylation is 1. The number of hydrogen-bond acceptors (Lipinski definition) is 5. The smallest absolute Gasteiger partial charge is 0.235 e. The normalized spacial score (nSPS) is 21.8. The molecule has 1 aromatic carbocycles. The van der Waals surface area contributed by atoms with E-state index in [0.29, 0.717) is 5.82 Å². The topological polar surface area (TPSA) is 64.1 Å². The molecular weight excluding hydrogens is 348 g/mol. The Hall–Kier alpha value is -2.12. The van der Waals surface area contributed by atoms with Gasteiger partial charge < -0.3 is 14.7 Å². The second-order valence-corrected chi connectivity index (χ2v) is 8.20. The summed E-state index contributed by atoms with van der Waals surface area (Å²) in [7, 11) is 1.68. The predicted molar refractivity (Wildman–Crippen MR) is 101 cm³/mol. The van der Waals surface area contributed by atoms with Crippen molar-refractivity contribution in [1.29, 1.82) is 0 Å². The highest BCUT2D eigenvalue weighted by Crippen LogP contribution is 2.35. The first-order chi connectivity index (χ1) is 12.6. The van der Waals surface area contributed by atoms with Crippen LogP contribution in [0.15, 0.2) is 24.3 Å². The Bertz CT molecular complexity index is 894. The van der Waals surface area contributed by atoms with Gasteiger partial charge in [0, 0.05) is 5.56 Å². The Balaban J connectivity index is 1.77. The van der Waals surface area contributed by atoms with Crippen LogP contribution in [0.3, 0.4) is 0 Å². The molecule has 1 aliphatic rings. The summed E-state index contributed by atoms with van der Waals surface area (Å²) in [5.41, 5.74) is 1.19. The molecule has 7 heteroatoms. The van der Waals surface area contributed by atoms with Crippen LogP contribution in [0.1, 0.15) is 42.1 Å². The van der Waals surface area contributed by atoms with Gasteiger partial charge in [-0.15, -0.1) is 5.10 Å². The molecule has 0 spiro atoms. The third-order valence-electron chi connectivity index (χ3n) is 5.34. The quantitative estimate of drug-likeness (QED) is 0.736. The van der Waals surface area contributed by atoms with Gasteiger partial charge in [-0.2, -0.15) is 4.52 Å². The van der Waals surface area contributed by atoms with E-state index in [1.54, 1.807) is 11.6 Å². The Morgan fingerprint density at radius 1 is 1.27 bits per heavy atom. The Morgan fingerprint density at radius 3 is 2.58 bits per heavy atom. The molecule has 0 radical (unpaired) electrons. The van der Waals surface area contributed by atoms with E-state index in [0.717, 1.165) is 34.6 Å². The van der Waals surface area contributed by atoms with Crippen molar-refractivity contribution in [1.82, 2.24) is 14.6 Å². The maximum Gasteiger partial charge on any atom is 0.235 e. The molecule has 2 N–H and O–H groups in total. The number of benzene rings is 1. The van der Waals surface area contributed by atoms with Gasteiger partial charge in [0.2, 0.25) is 10.8 Å². The zero-order valence-corrected chi connectivity index (χ0v) is 16.2. The van der Waals surface area contributed by atoms with E-state index in [9.17, 15) is 5.11 Å². The Kier molecular flexibility index (Phi) is 4.58. The minimum absolute atomic E-state index is 0.0854. The lowest BCUT2D eigenvalue weighted by Crippen LogP contribution is -3.13. The number of piperidine rings is 1. The number of fused-ring (bicyclic) bond motifs is 1. The summed E-state index contributed by atoms with van der Waals surface area (Å²) in [5, 5.41) is 15.2. The van der Waals surface area contributed by atoms with Crippen LogP contribution < -0.4 is 9.64 Å². The van der Waals surface area contributed by atoms with Crippen LogP contribution in [0.25, 0.3) is 4.96 Å². The molecule has 2 aromatic heterocycles. The highest BCUT2D eigenvalue weighted by molar-refractivity contribution is 7.17. The molecular formula is C19H25N4O2S+. The van der Waals surface area contributed by atoms with Crippen molar-refractivity contribution in [3.05, 3.63) is 40.5 Å². The zero-order valence-electron chi connectivity index (χ0n) is 15.4. The van der Waals surface area contributed by atoms with Crippen LogP contribution in [0.4, 0.5) is 0 Å². The molecule has 0 unspecified atom stereocenters. The lowest BCUT2D eigenvalue weighted by Gasteiger charge is -2.33. The number of thiazole rings is 1. The molecule has 4 rings (SSSR count). The summed E-state index contributed by atoms with van der Waals surface area (Å²) in [4.78, 5) is 7.61. The van der Waals surface area contributed by atoms with Crippen LogP contribution in [0, 0.1) is 12.8 Å². The van der Waals surface area contributed by atoms with Crippen molar-refractivity contribution in [2.24, 2.45) is 5.92 Å². The second kappa shape index (κ2) is 6.89. The van der Waals surface area contributed by atoms with Gasteiger partial charge in [0.15, 0.2) is 6.04 Å². The van der Waals surface area contributed by atoms with Crippen molar-refractivity contribution < 1.29 is 14.7 Å². The average molecular weight is 374 g/mol. The molecule has 1 fully saturated rings. The summed E-state index contributed by atoms with van der Waals surface area (Å²) in [6, 6.07) is 8.28. The van der Waals surface area contributed by atoms with Crippen molar-refractivity contribution in [2.75, 3.05) is 20.2 Å². The Labute approximate surface area is 157 Å². The fourth-order valence-electron chi connectivity index (χ4n) is 3.83. The number of hydrogen-bond donors (Lipinski definition) is 2. The van der Waals surface area contributed by atoms with Gasteiger partial charge in [-0.3, -0.25) is 0 Å². The number of ether oxygens (including phenoxy) is 1. The van der Waals surface area contributed by atoms with Crippen LogP contribution in [0.2, 0.25) is 0 Å². The molecule has 6 nitrogen and oxygen atoms in total. The third kappa shape index (κ3) is 3.05. The van der Waals surface area contributed by atoms with E-state index in [-0.39, 0.29) is 11.9 Å². The third-order valence-corrected chi connectivity index (χ3v) is 6.43. The summed E-state index contributed by atoms with van der Waals surface area (Å²) in [6.45, 7) is 6.37. The van der Waals surface area contributed by atoms with E-state index in [4.69, 9.17) is 4.74 Å². The monoisotopic (exact) mass is 373 g/mol. The molecule has 0 aliphatic carbocycles. The first-order valence-corrected chi connectivity index (χ1v) is 9.92. The van der Waals surface area contributed by atoms with Crippen LogP contribution in [-0.2, 0) is 0 Å². The van der Waals surface area contributed by atoms with E-state index in [1.807, 2.05) is 19.1 Å². The summed E-state index contributed by atoms with van der Waals surface area (Å²) < 4.78 is 6.88. The van der Waals surface area contributed by atoms with Crippen molar-refractivity contribution in [3.8, 4) is 11.6 Å². The standard InChI is InChI=1S/C19H24N4O2S/c1-12-8-10-22(11-9-12)16(14-4-6-15(25-3)7-5-14)17-18(24)23-19(26-17)20-13(2)21-23/h4-7,12,16,24H,8-11H2,1-3H3/p+1/t16-/m1/s1. The SMILES string of the molecule is COc1ccc([C@H](c2sc3nc(C)nn3c2O)[NH+]2CCC(C)CC2)cc1. The number of nitrogens with one attached hydrogen (secondary N) is 1. The van der Waals surface area contributed by atoms with Crippen molar-refractivity contribution in [3.63, 3.8) is 0 Å². The lowest BCUT2D eigenvalue weighted by molar-refractivity contribution is -0.931. The van der Waals surface area contributed by atoms with Crippen molar-refractivity contribution in [2.45, 2.75) is 32.7 Å². The van der Waals surface area contributed by atoms with Gasteiger partial charge in [-0.25, -0.2) is 4.98 Å². The molecule has 3 heterocycles. The first kappa shape index (κ1) is 17.3. The van der Waals surface area contributed by atoms with Gasteiger partial charge in [0.1, 0.15) is 16.5 Å². The second-order valence-electron chi connectivity index (χ2n) is 7.19. The van der Waals surface area contributed by atoms with Crippen LogP contribution in [-0.4, -0.2) is 39.9 Å². The lowest BCUT2D eigenvalue weighted by atomic mass is 9.95. The van der Waals surface area contributed by atoms with Crippen LogP contribution in [0.5, 0.6) is 11.6 Å². The van der Waals surface area contributed by atoms with Gasteiger partial charge in [-0.05, 0) is 49.9 Å². The maximum atomic E-state index is 10.9. The summed E-state index contributed by atoms with van der Waals surface area (Å²) >= 11 is 1.54. The van der Waals surface area contributed by atoms with E-state index in [2.05, 4.69) is 29.1 Å². The van der Waals surface area contributed by atoms with Crippen molar-refractivity contribution >= 4 is 16.3 Å². The molecule has 0 amide bonds. The fourth-order valence-corrected chi connectivity index (χ4v) is 5.01. The maximum absolute atomic E-state index is 10.9. The van der Waals surface area contributed by atoms with E-state index < -0.39 is 0 Å². The summed E-state index contributed by atoms with van der Waals surface area (Å²) in [6.07, 6.45) is 2.42. The minimum Gasteiger partial charge on any atom is -0.497 e. The molecule has 1 atom stereocenters. The molecule has 26 heavy (non-hydrogen) atoms. The molecule has 1 aliphatic heterocycles. The number of rotatable bonds is 4. The van der Waals surface area contributed by atoms with Gasteiger partial charge in [-0.1, -0.05) is 18.3 Å². The number of likely N-dealkylation sites (tertiary alicyclic amines) is 1. The van der Waals surface area contributed by atoms with Crippen LogP contribution >= 0.6 is 11.3 Å². The molecule has 3 aromatic rings. The zero-order chi connectivity index (χ0) is 18.3. The van der Waals surface area contributed by atoms with Gasteiger partial charge in [0.25, 0.3) is 0 Å². The highest BCUT2D eigenvalue weighted by atomic mass is 32.1. The number of nitrogens with zero attached hydrogens (tertiary/aromatic N) is 3. The number of quaternary nitrogens is 1. The molecule has 0 saturated carbocycles. The number of aromatic hydroxyl groups is 1. The Morgan fingerprint density at radius 2 is 1.96 bits per heavy atom. The van der Waals surface area contributed by atoms with Gasteiger partial charge >= 0.3 is 0 Å². The van der Waals surface area contributed by atoms with E-state index in [1.165, 1.54) is 34.6 Å². The summed E-state index contributed by atoms with van der Waals surface area (Å²) in [5.74, 6) is 2.52. The van der Waals surface area contributed by atoms with Gasteiger partial charge in [0.05, 0.1) is 20.2 Å². The highest BCUT2D eigenvalue weighted by Gasteiger charge is 2.34. The minimum atomic E-state index is 0.0854. The first-order valence-electron chi connectivity index (χ1n) is 9.10. The number of aromatic nitrogens is 3. The molecule has 1 saturated heterocycles. The fraction of sp³-hybridized carbons (Fsp3) is 0.474. The largest absolute Gasteiger partial charge is 0.497 e. The molecule has 0 bridgehead atoms. The number of methoxy groups -OCH3 is 1. The van der Waals surface area contributed by atoms with E-state index >= 15 is 0 Å². The predicted octanol–water partition coefficient (Wildman–Crippen LogP) is 2.22. The average Bonchev–Trinajstić information content (AvgIpc) is 3.15. The molecule has 138 valence electrons.